The summed E-state index contributed by atoms with van der Waals surface area (Å²) in [5.41, 5.74) is 3.80. The van der Waals surface area contributed by atoms with Crippen LogP contribution in [0.25, 0.3) is 12.2 Å². The van der Waals surface area contributed by atoms with Crippen LogP contribution in [0.3, 0.4) is 0 Å². The molecule has 1 saturated heterocycles. The molecule has 0 aromatic heterocycles. The molecule has 27 heavy (non-hydrogen) atoms. The summed E-state index contributed by atoms with van der Waals surface area (Å²) in [6.07, 6.45) is 11.1. The van der Waals surface area contributed by atoms with Crippen LogP contribution in [0.1, 0.15) is 36.0 Å². The first-order valence-corrected chi connectivity index (χ1v) is 9.58. The Morgan fingerprint density at radius 1 is 0.667 bits per heavy atom. The van der Waals surface area contributed by atoms with Gasteiger partial charge >= 0.3 is 0 Å². The summed E-state index contributed by atoms with van der Waals surface area (Å²) in [6.45, 7) is 17.8. The standard InChI is InChI=1S/C14H19N.C8H8.C4H6/c1-2-13-6-8-14(9-7-13)12-15-10-4-3-5-11-15;1-2-8-6-4-3-5-7-8;1-3-4-2/h2,6-9H,1,3-5,10-12H2;2-7H,1H2;3-4H,1-2H2. The minimum Gasteiger partial charge on any atom is -0.299 e. The Morgan fingerprint density at radius 3 is 1.63 bits per heavy atom. The maximum Gasteiger partial charge on any atom is 0.0233 e. The van der Waals surface area contributed by atoms with Crippen molar-refractivity contribution in [3.8, 4) is 0 Å². The highest BCUT2D eigenvalue weighted by molar-refractivity contribution is 5.47. The second-order valence-electron chi connectivity index (χ2n) is 6.37. The van der Waals surface area contributed by atoms with Crippen LogP contribution in [0.2, 0.25) is 0 Å². The Labute approximate surface area is 166 Å². The zero-order chi connectivity index (χ0) is 19.7. The topological polar surface area (TPSA) is 3.24 Å². The Hall–Kier alpha value is -2.64. The van der Waals surface area contributed by atoms with E-state index in [1.54, 1.807) is 12.2 Å². The third kappa shape index (κ3) is 10.2. The van der Waals surface area contributed by atoms with Crippen molar-refractivity contribution in [2.45, 2.75) is 25.8 Å². The average molecular weight is 360 g/mol. The molecular formula is C26H33N. The van der Waals surface area contributed by atoms with Crippen molar-refractivity contribution in [1.82, 2.24) is 4.90 Å². The molecule has 0 unspecified atom stereocenters. The largest absolute Gasteiger partial charge is 0.299 e. The van der Waals surface area contributed by atoms with Gasteiger partial charge in [-0.25, -0.2) is 0 Å². The van der Waals surface area contributed by atoms with Gasteiger partial charge in [-0.15, -0.1) is 0 Å². The predicted octanol–water partition coefficient (Wildman–Crippen LogP) is 7.00. The quantitative estimate of drug-likeness (QED) is 0.519. The minimum atomic E-state index is 1.11. The molecule has 1 heteroatoms. The molecule has 2 aromatic carbocycles. The Kier molecular flexibility index (Phi) is 12.0. The maximum atomic E-state index is 3.77. The number of allylic oxidation sites excluding steroid dienone is 2. The van der Waals surface area contributed by atoms with E-state index < -0.39 is 0 Å². The highest BCUT2D eigenvalue weighted by Gasteiger charge is 2.09. The summed E-state index contributed by atoms with van der Waals surface area (Å²) in [5, 5.41) is 0. The van der Waals surface area contributed by atoms with Crippen molar-refractivity contribution in [2.24, 2.45) is 0 Å². The molecule has 2 aromatic rings. The average Bonchev–Trinajstić information content (AvgIpc) is 2.76. The summed E-state index contributed by atoms with van der Waals surface area (Å²) in [6, 6.07) is 18.7. The van der Waals surface area contributed by atoms with Crippen molar-refractivity contribution in [3.63, 3.8) is 0 Å². The van der Waals surface area contributed by atoms with Gasteiger partial charge in [0.05, 0.1) is 0 Å². The van der Waals surface area contributed by atoms with E-state index in [1.807, 2.05) is 42.5 Å². The van der Waals surface area contributed by atoms with Gasteiger partial charge in [0.25, 0.3) is 0 Å². The van der Waals surface area contributed by atoms with Gasteiger partial charge in [0.15, 0.2) is 0 Å². The predicted molar refractivity (Wildman–Crippen MR) is 123 cm³/mol. The lowest BCUT2D eigenvalue weighted by Gasteiger charge is -2.26. The van der Waals surface area contributed by atoms with E-state index in [0.717, 1.165) is 6.54 Å². The summed E-state index contributed by atoms with van der Waals surface area (Å²) in [4.78, 5) is 2.55. The van der Waals surface area contributed by atoms with Gasteiger partial charge in [-0.1, -0.05) is 112 Å². The van der Waals surface area contributed by atoms with Gasteiger partial charge in [0.1, 0.15) is 0 Å². The zero-order valence-electron chi connectivity index (χ0n) is 16.5. The summed E-state index contributed by atoms with van der Waals surface area (Å²) in [7, 11) is 0. The fourth-order valence-corrected chi connectivity index (χ4v) is 2.72. The van der Waals surface area contributed by atoms with Crippen LogP contribution in [0.15, 0.2) is 93.1 Å². The highest BCUT2D eigenvalue weighted by atomic mass is 15.1. The van der Waals surface area contributed by atoms with E-state index >= 15 is 0 Å². The van der Waals surface area contributed by atoms with E-state index in [-0.39, 0.29) is 0 Å². The van der Waals surface area contributed by atoms with E-state index in [9.17, 15) is 0 Å². The molecule has 1 fully saturated rings. The van der Waals surface area contributed by atoms with Crippen LogP contribution in [0.4, 0.5) is 0 Å². The summed E-state index contributed by atoms with van der Waals surface area (Å²) in [5.74, 6) is 0. The molecule has 0 N–H and O–H groups in total. The van der Waals surface area contributed by atoms with Crippen LogP contribution in [0, 0.1) is 0 Å². The second-order valence-corrected chi connectivity index (χ2v) is 6.37. The normalized spacial score (nSPS) is 13.0. The number of hydrogen-bond acceptors (Lipinski definition) is 1. The van der Waals surface area contributed by atoms with Crippen LogP contribution in [0.5, 0.6) is 0 Å². The van der Waals surface area contributed by atoms with Gasteiger partial charge in [-0.05, 0) is 42.6 Å². The van der Waals surface area contributed by atoms with Crippen molar-refractivity contribution in [1.29, 1.82) is 0 Å². The Bertz CT molecular complexity index is 655. The SMILES string of the molecule is C=CC=C.C=Cc1ccc(CN2CCCCC2)cc1.C=Cc1ccccc1. The lowest BCUT2D eigenvalue weighted by Crippen LogP contribution is -2.28. The van der Waals surface area contributed by atoms with Crippen LogP contribution < -0.4 is 0 Å². The lowest BCUT2D eigenvalue weighted by atomic mass is 10.1. The molecule has 0 saturated carbocycles. The number of hydrogen-bond donors (Lipinski definition) is 0. The van der Waals surface area contributed by atoms with Crippen molar-refractivity contribution >= 4 is 12.2 Å². The number of rotatable bonds is 5. The first kappa shape index (κ1) is 22.4. The maximum absolute atomic E-state index is 3.77. The molecule has 0 bridgehead atoms. The second kappa shape index (κ2) is 14.5. The van der Waals surface area contributed by atoms with Crippen molar-refractivity contribution < 1.29 is 0 Å². The van der Waals surface area contributed by atoms with E-state index in [1.165, 1.54) is 49.0 Å². The molecule has 0 aliphatic carbocycles. The molecule has 0 atom stereocenters. The molecular weight excluding hydrogens is 326 g/mol. The van der Waals surface area contributed by atoms with Crippen molar-refractivity contribution in [3.05, 3.63) is 110 Å². The van der Waals surface area contributed by atoms with Gasteiger partial charge < -0.3 is 0 Å². The molecule has 0 spiro atoms. The molecule has 0 amide bonds. The number of nitrogens with zero attached hydrogens (tertiary/aromatic N) is 1. The van der Waals surface area contributed by atoms with E-state index in [2.05, 4.69) is 55.5 Å². The van der Waals surface area contributed by atoms with Crippen molar-refractivity contribution in [2.75, 3.05) is 13.1 Å². The number of piperidine rings is 1. The molecule has 3 rings (SSSR count). The van der Waals surface area contributed by atoms with E-state index in [4.69, 9.17) is 0 Å². The lowest BCUT2D eigenvalue weighted by molar-refractivity contribution is 0.221. The Morgan fingerprint density at radius 2 is 1.19 bits per heavy atom. The van der Waals surface area contributed by atoms with Crippen LogP contribution in [-0.2, 0) is 6.54 Å². The zero-order valence-corrected chi connectivity index (χ0v) is 16.5. The third-order valence-electron chi connectivity index (χ3n) is 4.27. The first-order chi connectivity index (χ1) is 13.2. The third-order valence-corrected chi connectivity index (χ3v) is 4.27. The van der Waals surface area contributed by atoms with Crippen LogP contribution in [-0.4, -0.2) is 18.0 Å². The summed E-state index contributed by atoms with van der Waals surface area (Å²) >= 11 is 0. The number of benzene rings is 2. The fraction of sp³-hybridized carbons (Fsp3) is 0.231. The molecule has 1 heterocycles. The summed E-state index contributed by atoms with van der Waals surface area (Å²) < 4.78 is 0. The van der Waals surface area contributed by atoms with Gasteiger partial charge in [-0.2, -0.15) is 0 Å². The molecule has 142 valence electrons. The highest BCUT2D eigenvalue weighted by Crippen LogP contribution is 2.13. The van der Waals surface area contributed by atoms with Crippen LogP contribution >= 0.6 is 0 Å². The first-order valence-electron chi connectivity index (χ1n) is 9.58. The molecule has 1 aliphatic rings. The number of likely N-dealkylation sites (tertiary alicyclic amines) is 1. The molecule has 1 nitrogen and oxygen atoms in total. The molecule has 1 aliphatic heterocycles. The van der Waals surface area contributed by atoms with Gasteiger partial charge in [0.2, 0.25) is 0 Å². The van der Waals surface area contributed by atoms with Gasteiger partial charge in [0, 0.05) is 6.54 Å². The minimum absolute atomic E-state index is 1.11. The monoisotopic (exact) mass is 359 g/mol. The molecule has 0 radical (unpaired) electrons. The van der Waals surface area contributed by atoms with E-state index in [0.29, 0.717) is 0 Å². The smallest absolute Gasteiger partial charge is 0.0233 e. The fourth-order valence-electron chi connectivity index (χ4n) is 2.72. The Balaban J connectivity index is 0.000000254. The van der Waals surface area contributed by atoms with Gasteiger partial charge in [-0.3, -0.25) is 4.90 Å².